The van der Waals surface area contributed by atoms with Gasteiger partial charge >= 0.3 is 5.56 Å². The summed E-state index contributed by atoms with van der Waals surface area (Å²) in [6, 6.07) is 11.1. The fraction of sp³-hybridized carbons (Fsp3) is 0.217. The van der Waals surface area contributed by atoms with Gasteiger partial charge < -0.3 is 0 Å². The molecule has 1 atom stereocenters. The fourth-order valence-electron chi connectivity index (χ4n) is 3.33. The van der Waals surface area contributed by atoms with Crippen molar-refractivity contribution in [1.82, 2.24) is 19.2 Å². The van der Waals surface area contributed by atoms with Gasteiger partial charge in [0.25, 0.3) is 0 Å². The third-order valence-electron chi connectivity index (χ3n) is 5.38. The molecule has 0 aliphatic heterocycles. The van der Waals surface area contributed by atoms with Gasteiger partial charge in [-0.3, -0.25) is 18.6 Å². The standard InChI is InChI=1S/C23H21ClN4O2S/c1-13-8-9-17(12-14(13)2)20(29)16(4)31-23-26-25-21-22(30)27(10-11-28(21)23)19-7-5-6-18(24)15(19)3/h5-12,16H,1-4H3. The van der Waals surface area contributed by atoms with Crippen LogP contribution in [0.4, 0.5) is 0 Å². The maximum atomic E-state index is 13.0. The number of fused-ring (bicyclic) bond motifs is 1. The van der Waals surface area contributed by atoms with Crippen molar-refractivity contribution in [3.8, 4) is 5.69 Å². The lowest BCUT2D eigenvalue weighted by molar-refractivity contribution is 0.0993. The minimum Gasteiger partial charge on any atom is -0.293 e. The second-order valence-corrected chi connectivity index (χ2v) is 9.17. The van der Waals surface area contributed by atoms with Crippen molar-refractivity contribution < 1.29 is 4.79 Å². The summed E-state index contributed by atoms with van der Waals surface area (Å²) >= 11 is 7.49. The molecule has 6 nitrogen and oxygen atoms in total. The molecule has 0 saturated heterocycles. The molecule has 0 bridgehead atoms. The zero-order valence-electron chi connectivity index (χ0n) is 17.6. The van der Waals surface area contributed by atoms with Crippen LogP contribution in [0.1, 0.15) is 34.0 Å². The summed E-state index contributed by atoms with van der Waals surface area (Å²) in [5, 5.41) is 8.94. The first-order chi connectivity index (χ1) is 14.8. The van der Waals surface area contributed by atoms with E-state index >= 15 is 0 Å². The number of nitrogens with zero attached hydrogens (tertiary/aromatic N) is 4. The normalized spacial score (nSPS) is 12.3. The van der Waals surface area contributed by atoms with E-state index in [1.54, 1.807) is 28.9 Å². The van der Waals surface area contributed by atoms with E-state index in [1.807, 2.05) is 52.0 Å². The summed E-state index contributed by atoms with van der Waals surface area (Å²) in [4.78, 5) is 25.9. The lowest BCUT2D eigenvalue weighted by Gasteiger charge is -2.12. The van der Waals surface area contributed by atoms with Gasteiger partial charge in [0.1, 0.15) is 0 Å². The first-order valence-corrected chi connectivity index (χ1v) is 11.0. The molecule has 0 spiro atoms. The zero-order chi connectivity index (χ0) is 22.3. The molecule has 0 aliphatic rings. The summed E-state index contributed by atoms with van der Waals surface area (Å²) in [5.41, 5.74) is 4.26. The molecule has 0 saturated carbocycles. The van der Waals surface area contributed by atoms with Gasteiger partial charge in [0.2, 0.25) is 5.65 Å². The second-order valence-electron chi connectivity index (χ2n) is 7.46. The Morgan fingerprint density at radius 2 is 1.84 bits per heavy atom. The third kappa shape index (κ3) is 3.91. The van der Waals surface area contributed by atoms with E-state index in [2.05, 4.69) is 10.2 Å². The first-order valence-electron chi connectivity index (χ1n) is 9.78. The van der Waals surface area contributed by atoms with Gasteiger partial charge in [0.15, 0.2) is 10.9 Å². The number of hydrogen-bond donors (Lipinski definition) is 0. The average Bonchev–Trinajstić information content (AvgIpc) is 3.15. The van der Waals surface area contributed by atoms with Crippen molar-refractivity contribution in [1.29, 1.82) is 0 Å². The van der Waals surface area contributed by atoms with Crippen molar-refractivity contribution in [2.75, 3.05) is 0 Å². The number of thioether (sulfide) groups is 1. The molecule has 8 heteroatoms. The molecule has 0 radical (unpaired) electrons. The number of aromatic nitrogens is 4. The smallest absolute Gasteiger partial charge is 0.293 e. The van der Waals surface area contributed by atoms with Crippen LogP contribution in [0.25, 0.3) is 11.3 Å². The van der Waals surface area contributed by atoms with Gasteiger partial charge in [-0.15, -0.1) is 10.2 Å². The van der Waals surface area contributed by atoms with Crippen LogP contribution in [-0.2, 0) is 0 Å². The molecular formula is C23H21ClN4O2S. The number of carbonyl (C=O) groups excluding carboxylic acids is 1. The number of hydrogen-bond acceptors (Lipinski definition) is 5. The number of benzene rings is 2. The predicted octanol–water partition coefficient (Wildman–Crippen LogP) is 4.82. The van der Waals surface area contributed by atoms with Gasteiger partial charge in [0.05, 0.1) is 10.9 Å². The average molecular weight is 453 g/mol. The highest BCUT2D eigenvalue weighted by molar-refractivity contribution is 8.00. The van der Waals surface area contributed by atoms with Crippen LogP contribution in [0.2, 0.25) is 5.02 Å². The summed E-state index contributed by atoms with van der Waals surface area (Å²) < 4.78 is 3.12. The number of ketones is 1. The van der Waals surface area contributed by atoms with Crippen LogP contribution in [0, 0.1) is 20.8 Å². The van der Waals surface area contributed by atoms with Crippen molar-refractivity contribution in [2.24, 2.45) is 0 Å². The maximum absolute atomic E-state index is 13.0. The number of carbonyl (C=O) groups is 1. The Labute approximate surface area is 188 Å². The van der Waals surface area contributed by atoms with Gasteiger partial charge in [0, 0.05) is 23.0 Å². The minimum absolute atomic E-state index is 0.00717. The van der Waals surface area contributed by atoms with E-state index < -0.39 is 0 Å². The quantitative estimate of drug-likeness (QED) is 0.320. The molecule has 4 rings (SSSR count). The second kappa shape index (κ2) is 8.32. The molecule has 0 N–H and O–H groups in total. The summed E-state index contributed by atoms with van der Waals surface area (Å²) in [7, 11) is 0. The Morgan fingerprint density at radius 1 is 1.06 bits per heavy atom. The molecular weight excluding hydrogens is 432 g/mol. The number of halogens is 1. The van der Waals surface area contributed by atoms with Gasteiger partial charge in [-0.2, -0.15) is 0 Å². The van der Waals surface area contributed by atoms with Gasteiger partial charge in [-0.25, -0.2) is 0 Å². The molecule has 0 aliphatic carbocycles. The zero-order valence-corrected chi connectivity index (χ0v) is 19.2. The topological polar surface area (TPSA) is 69.3 Å². The number of aryl methyl sites for hydroxylation is 2. The minimum atomic E-state index is -0.382. The van der Waals surface area contributed by atoms with Crippen LogP contribution in [0.3, 0.4) is 0 Å². The van der Waals surface area contributed by atoms with E-state index in [0.717, 1.165) is 16.7 Å². The molecule has 2 heterocycles. The Hall–Kier alpha value is -2.90. The first kappa shape index (κ1) is 21.3. The van der Waals surface area contributed by atoms with Crippen molar-refractivity contribution in [3.05, 3.63) is 86.4 Å². The molecule has 158 valence electrons. The Balaban J connectivity index is 1.66. The molecule has 0 fully saturated rings. The van der Waals surface area contributed by atoms with Crippen molar-refractivity contribution in [3.63, 3.8) is 0 Å². The molecule has 2 aromatic heterocycles. The van der Waals surface area contributed by atoms with Crippen LogP contribution in [0.15, 0.2) is 58.7 Å². The molecule has 1 unspecified atom stereocenters. The molecule has 4 aromatic rings. The summed E-state index contributed by atoms with van der Waals surface area (Å²) in [6.07, 6.45) is 3.39. The lowest BCUT2D eigenvalue weighted by atomic mass is 10.0. The highest BCUT2D eigenvalue weighted by atomic mass is 35.5. The van der Waals surface area contributed by atoms with Crippen LogP contribution in [-0.4, -0.2) is 30.2 Å². The Kier molecular flexibility index (Phi) is 5.73. The van der Waals surface area contributed by atoms with Crippen molar-refractivity contribution >= 4 is 34.8 Å². The molecule has 2 aromatic carbocycles. The molecule has 0 amide bonds. The number of Topliss-reactive ketones (excluding diaryl/α,β-unsaturated/α-hetero) is 1. The maximum Gasteiger partial charge on any atom is 0.300 e. The van der Waals surface area contributed by atoms with Crippen LogP contribution in [0.5, 0.6) is 0 Å². The van der Waals surface area contributed by atoms with Crippen LogP contribution >= 0.6 is 23.4 Å². The van der Waals surface area contributed by atoms with E-state index in [-0.39, 0.29) is 22.2 Å². The Bertz CT molecular complexity index is 1380. The highest BCUT2D eigenvalue weighted by Crippen LogP contribution is 2.26. The Morgan fingerprint density at radius 3 is 2.58 bits per heavy atom. The molecule has 31 heavy (non-hydrogen) atoms. The van der Waals surface area contributed by atoms with E-state index in [9.17, 15) is 9.59 Å². The predicted molar refractivity (Wildman–Crippen MR) is 124 cm³/mol. The van der Waals surface area contributed by atoms with Gasteiger partial charge in [-0.1, -0.05) is 41.6 Å². The van der Waals surface area contributed by atoms with Crippen LogP contribution < -0.4 is 5.56 Å². The van der Waals surface area contributed by atoms with E-state index in [4.69, 9.17) is 11.6 Å². The fourth-order valence-corrected chi connectivity index (χ4v) is 4.41. The highest BCUT2D eigenvalue weighted by Gasteiger charge is 2.21. The number of rotatable bonds is 5. The summed E-state index contributed by atoms with van der Waals surface area (Å²) in [5.74, 6) is 0.00717. The van der Waals surface area contributed by atoms with E-state index in [0.29, 0.717) is 21.4 Å². The lowest BCUT2D eigenvalue weighted by Crippen LogP contribution is -2.21. The van der Waals surface area contributed by atoms with Crippen molar-refractivity contribution in [2.45, 2.75) is 38.1 Å². The summed E-state index contributed by atoms with van der Waals surface area (Å²) in [6.45, 7) is 7.70. The SMILES string of the molecule is Cc1ccc(C(=O)C(C)Sc2nnc3c(=O)n(-c4cccc(Cl)c4C)ccn23)cc1C. The third-order valence-corrected chi connectivity index (χ3v) is 6.85. The monoisotopic (exact) mass is 452 g/mol. The largest absolute Gasteiger partial charge is 0.300 e. The van der Waals surface area contributed by atoms with Gasteiger partial charge in [-0.05, 0) is 62.6 Å². The van der Waals surface area contributed by atoms with E-state index in [1.165, 1.54) is 16.3 Å².